The van der Waals surface area contributed by atoms with Gasteiger partial charge in [0.25, 0.3) is 0 Å². The Morgan fingerprint density at radius 1 is 1.28 bits per heavy atom. The summed E-state index contributed by atoms with van der Waals surface area (Å²) in [6, 6.07) is 4.58. The molecule has 1 unspecified atom stereocenters. The minimum atomic E-state index is 0.370. The molecule has 1 N–H and O–H groups in total. The Bertz CT molecular complexity index is 480. The first kappa shape index (κ1) is 13.0. The van der Waals surface area contributed by atoms with E-state index in [0.717, 1.165) is 17.9 Å². The topological polar surface area (TPSA) is 37.8 Å². The fourth-order valence-electron chi connectivity index (χ4n) is 1.83. The molecule has 2 heterocycles. The Hall–Kier alpha value is -1.42. The smallest absolute Gasteiger partial charge is 0.129 e. The minimum Gasteiger partial charge on any atom is -0.367 e. The summed E-state index contributed by atoms with van der Waals surface area (Å²) >= 11 is 1.74. The van der Waals surface area contributed by atoms with Crippen molar-refractivity contribution in [2.45, 2.75) is 39.2 Å². The highest BCUT2D eigenvalue weighted by atomic mass is 32.1. The molecular formula is C14H19N3S. The normalized spacial score (nSPS) is 12.7. The first-order chi connectivity index (χ1) is 8.65. The summed E-state index contributed by atoms with van der Waals surface area (Å²) in [6.45, 7) is 6.45. The van der Waals surface area contributed by atoms with Gasteiger partial charge in [-0.2, -0.15) is 11.3 Å². The van der Waals surface area contributed by atoms with Crippen LogP contribution in [-0.2, 0) is 6.42 Å². The molecule has 0 aromatic carbocycles. The van der Waals surface area contributed by atoms with Crippen LogP contribution in [0.5, 0.6) is 0 Å². The Balaban J connectivity index is 1.98. The predicted octanol–water partition coefficient (Wildman–Crippen LogP) is 3.70. The number of nitrogens with zero attached hydrogens (tertiary/aromatic N) is 2. The summed E-state index contributed by atoms with van der Waals surface area (Å²) in [6.07, 6.45) is 2.65. The van der Waals surface area contributed by atoms with E-state index in [9.17, 15) is 0 Å². The minimum absolute atomic E-state index is 0.370. The maximum atomic E-state index is 4.27. The number of hydrogen-bond donors (Lipinski definition) is 1. The molecule has 0 aliphatic carbocycles. The first-order valence-corrected chi connectivity index (χ1v) is 7.19. The van der Waals surface area contributed by atoms with Crippen LogP contribution in [0, 0.1) is 0 Å². The van der Waals surface area contributed by atoms with Gasteiger partial charge in [-0.1, -0.05) is 13.8 Å². The third-order valence-electron chi connectivity index (χ3n) is 2.80. The second kappa shape index (κ2) is 5.96. The molecule has 96 valence electrons. The lowest BCUT2D eigenvalue weighted by molar-refractivity contribution is 0.776. The van der Waals surface area contributed by atoms with Crippen molar-refractivity contribution in [3.63, 3.8) is 0 Å². The van der Waals surface area contributed by atoms with Gasteiger partial charge in [0.05, 0.1) is 0 Å². The molecule has 0 spiro atoms. The number of anilines is 1. The largest absolute Gasteiger partial charge is 0.367 e. The molecular weight excluding hydrogens is 242 g/mol. The molecule has 1 atom stereocenters. The second-order valence-electron chi connectivity index (χ2n) is 4.86. The van der Waals surface area contributed by atoms with E-state index in [2.05, 4.69) is 52.9 Å². The van der Waals surface area contributed by atoms with Gasteiger partial charge in [0, 0.05) is 17.8 Å². The van der Waals surface area contributed by atoms with Crippen LogP contribution in [0.3, 0.4) is 0 Å². The van der Waals surface area contributed by atoms with Gasteiger partial charge in [-0.3, -0.25) is 0 Å². The van der Waals surface area contributed by atoms with Gasteiger partial charge in [0.1, 0.15) is 12.1 Å². The van der Waals surface area contributed by atoms with Crippen LogP contribution < -0.4 is 5.32 Å². The maximum absolute atomic E-state index is 4.27. The van der Waals surface area contributed by atoms with E-state index < -0.39 is 0 Å². The molecule has 2 aromatic heterocycles. The molecule has 4 heteroatoms. The summed E-state index contributed by atoms with van der Waals surface area (Å²) in [7, 11) is 0. The van der Waals surface area contributed by atoms with Crippen LogP contribution in [0.4, 0.5) is 5.82 Å². The number of aromatic nitrogens is 2. The Morgan fingerprint density at radius 3 is 2.78 bits per heavy atom. The van der Waals surface area contributed by atoms with Crippen molar-refractivity contribution in [2.24, 2.45) is 0 Å². The third-order valence-corrected chi connectivity index (χ3v) is 3.53. The van der Waals surface area contributed by atoms with Gasteiger partial charge < -0.3 is 5.32 Å². The van der Waals surface area contributed by atoms with E-state index in [1.807, 2.05) is 6.07 Å². The van der Waals surface area contributed by atoms with E-state index in [1.165, 1.54) is 5.56 Å². The maximum Gasteiger partial charge on any atom is 0.129 e. The van der Waals surface area contributed by atoms with Gasteiger partial charge in [-0.05, 0) is 41.7 Å². The lowest BCUT2D eigenvalue weighted by Crippen LogP contribution is -2.18. The third kappa shape index (κ3) is 3.53. The van der Waals surface area contributed by atoms with Crippen LogP contribution in [-0.4, -0.2) is 16.0 Å². The Morgan fingerprint density at radius 2 is 2.11 bits per heavy atom. The molecule has 0 saturated carbocycles. The summed E-state index contributed by atoms with van der Waals surface area (Å²) in [5.41, 5.74) is 2.45. The van der Waals surface area contributed by atoms with Crippen molar-refractivity contribution < 1.29 is 0 Å². The number of nitrogens with one attached hydrogen (secondary N) is 1. The highest BCUT2D eigenvalue weighted by Crippen LogP contribution is 2.15. The van der Waals surface area contributed by atoms with E-state index in [0.29, 0.717) is 12.0 Å². The lowest BCUT2D eigenvalue weighted by atomic mass is 10.1. The zero-order valence-electron chi connectivity index (χ0n) is 11.1. The Labute approximate surface area is 112 Å². The monoisotopic (exact) mass is 261 g/mol. The quantitative estimate of drug-likeness (QED) is 0.891. The van der Waals surface area contributed by atoms with Gasteiger partial charge >= 0.3 is 0 Å². The van der Waals surface area contributed by atoms with Crippen LogP contribution in [0.2, 0.25) is 0 Å². The molecule has 0 saturated heterocycles. The average molecular weight is 261 g/mol. The van der Waals surface area contributed by atoms with Crippen LogP contribution in [0.15, 0.2) is 29.2 Å². The molecule has 0 amide bonds. The van der Waals surface area contributed by atoms with Gasteiger partial charge in [0.2, 0.25) is 0 Å². The molecule has 3 nitrogen and oxygen atoms in total. The zero-order valence-corrected chi connectivity index (χ0v) is 11.9. The number of rotatable bonds is 5. The number of hydrogen-bond acceptors (Lipinski definition) is 4. The molecule has 0 bridgehead atoms. The van der Waals surface area contributed by atoms with Crippen molar-refractivity contribution in [1.29, 1.82) is 0 Å². The van der Waals surface area contributed by atoms with Crippen molar-refractivity contribution in [3.05, 3.63) is 40.5 Å². The van der Waals surface area contributed by atoms with E-state index in [1.54, 1.807) is 17.7 Å². The van der Waals surface area contributed by atoms with E-state index in [4.69, 9.17) is 0 Å². The molecule has 0 aliphatic heterocycles. The number of thiophene rings is 1. The van der Waals surface area contributed by atoms with E-state index >= 15 is 0 Å². The highest BCUT2D eigenvalue weighted by molar-refractivity contribution is 7.07. The zero-order chi connectivity index (χ0) is 13.0. The fourth-order valence-corrected chi connectivity index (χ4v) is 2.51. The van der Waals surface area contributed by atoms with Crippen LogP contribution >= 0.6 is 11.3 Å². The first-order valence-electron chi connectivity index (χ1n) is 6.24. The summed E-state index contributed by atoms with van der Waals surface area (Å²) in [5, 5.41) is 7.74. The van der Waals surface area contributed by atoms with Gasteiger partial charge in [0.15, 0.2) is 0 Å². The summed E-state index contributed by atoms with van der Waals surface area (Å²) < 4.78 is 0. The van der Waals surface area contributed by atoms with Crippen LogP contribution in [0.25, 0.3) is 0 Å². The summed E-state index contributed by atoms with van der Waals surface area (Å²) in [5.74, 6) is 1.34. The molecule has 18 heavy (non-hydrogen) atoms. The Kier molecular flexibility index (Phi) is 4.31. The van der Waals surface area contributed by atoms with Crippen molar-refractivity contribution in [1.82, 2.24) is 9.97 Å². The second-order valence-corrected chi connectivity index (χ2v) is 5.64. The fraction of sp³-hybridized carbons (Fsp3) is 0.429. The standard InChI is InChI=1S/C14H19N3S/c1-10(2)13-7-14(16-9-15-13)17-11(3)6-12-4-5-18-8-12/h4-5,7-11H,6H2,1-3H3,(H,15,16,17). The summed E-state index contributed by atoms with van der Waals surface area (Å²) in [4.78, 5) is 8.54. The van der Waals surface area contributed by atoms with Crippen molar-refractivity contribution in [3.8, 4) is 0 Å². The SMILES string of the molecule is CC(Cc1ccsc1)Nc1cc(C(C)C)ncn1. The molecule has 0 aliphatic rings. The molecule has 0 fully saturated rings. The van der Waals surface area contributed by atoms with Gasteiger partial charge in [-0.15, -0.1) is 0 Å². The lowest BCUT2D eigenvalue weighted by Gasteiger charge is -2.14. The van der Waals surface area contributed by atoms with E-state index in [-0.39, 0.29) is 0 Å². The molecule has 2 aromatic rings. The van der Waals surface area contributed by atoms with Crippen LogP contribution in [0.1, 0.15) is 37.9 Å². The van der Waals surface area contributed by atoms with Crippen molar-refractivity contribution >= 4 is 17.2 Å². The van der Waals surface area contributed by atoms with Crippen molar-refractivity contribution in [2.75, 3.05) is 5.32 Å². The average Bonchev–Trinajstić information content (AvgIpc) is 2.82. The molecule has 2 rings (SSSR count). The van der Waals surface area contributed by atoms with Gasteiger partial charge in [-0.25, -0.2) is 9.97 Å². The predicted molar refractivity (Wildman–Crippen MR) is 77.2 cm³/mol. The molecule has 0 radical (unpaired) electrons. The highest BCUT2D eigenvalue weighted by Gasteiger charge is 2.07.